The van der Waals surface area contributed by atoms with Crippen LogP contribution in [0.3, 0.4) is 0 Å². The first kappa shape index (κ1) is 11.8. The van der Waals surface area contributed by atoms with Gasteiger partial charge in [0.05, 0.1) is 0 Å². The van der Waals surface area contributed by atoms with Crippen LogP contribution in [-0.2, 0) is 0 Å². The fraction of sp³-hybridized carbons (Fsp3) is 0.800. The monoisotopic (exact) mass is 226 g/mol. The van der Waals surface area contributed by atoms with Crippen molar-refractivity contribution >= 4 is 23.5 Å². The summed E-state index contributed by atoms with van der Waals surface area (Å²) in [6, 6.07) is 0. The van der Waals surface area contributed by atoms with Gasteiger partial charge in [-0.05, 0) is 36.4 Å². The molecule has 1 rings (SSSR count). The fourth-order valence-electron chi connectivity index (χ4n) is 1.82. The van der Waals surface area contributed by atoms with Crippen molar-refractivity contribution in [2.45, 2.75) is 49.0 Å². The molecule has 1 aliphatic carbocycles. The summed E-state index contributed by atoms with van der Waals surface area (Å²) in [5.74, 6) is 0. The molecular formula is C10H14N2S2. The Morgan fingerprint density at radius 1 is 0.786 bits per heavy atom. The van der Waals surface area contributed by atoms with Crippen LogP contribution in [0.1, 0.15) is 38.5 Å². The summed E-state index contributed by atoms with van der Waals surface area (Å²) in [6.07, 6.45) is 7.18. The average Bonchev–Trinajstić information content (AvgIpc) is 2.16. The Balaban J connectivity index is 2.52. The van der Waals surface area contributed by atoms with Crippen molar-refractivity contribution < 1.29 is 0 Å². The van der Waals surface area contributed by atoms with Crippen LogP contribution in [-0.4, -0.2) is 10.5 Å². The first-order chi connectivity index (χ1) is 6.88. The Hall–Kier alpha value is -0.320. The fourth-order valence-corrected chi connectivity index (χ4v) is 3.57. The second-order valence-electron chi connectivity index (χ2n) is 3.49. The van der Waals surface area contributed by atoms with Crippen LogP contribution in [0, 0.1) is 21.3 Å². The molecule has 2 atom stereocenters. The average molecular weight is 226 g/mol. The summed E-state index contributed by atoms with van der Waals surface area (Å²) in [6.45, 7) is 0. The number of thiocyanates is 2. The maximum atomic E-state index is 8.69. The highest BCUT2D eigenvalue weighted by Gasteiger charge is 2.23. The van der Waals surface area contributed by atoms with Gasteiger partial charge in [-0.1, -0.05) is 25.7 Å². The topological polar surface area (TPSA) is 47.6 Å². The van der Waals surface area contributed by atoms with Crippen LogP contribution in [0.4, 0.5) is 0 Å². The number of rotatable bonds is 2. The Labute approximate surface area is 94.0 Å². The van der Waals surface area contributed by atoms with Crippen molar-refractivity contribution in [1.82, 2.24) is 0 Å². The van der Waals surface area contributed by atoms with E-state index in [9.17, 15) is 0 Å². The van der Waals surface area contributed by atoms with Gasteiger partial charge in [-0.3, -0.25) is 0 Å². The minimum atomic E-state index is 0.366. The largest absolute Gasteiger partial charge is 0.185 e. The first-order valence-corrected chi connectivity index (χ1v) is 6.74. The predicted octanol–water partition coefficient (Wildman–Crippen LogP) is 3.51. The van der Waals surface area contributed by atoms with Gasteiger partial charge in [0.2, 0.25) is 0 Å². The van der Waals surface area contributed by atoms with Crippen molar-refractivity contribution in [2.24, 2.45) is 0 Å². The Kier molecular flexibility index (Phi) is 5.91. The standard InChI is InChI=1S/C10H14N2S2/c11-7-13-9-5-3-1-2-4-6-10(9)14-8-12/h9-10H,1-6H2/t9-,10-/m0/s1. The van der Waals surface area contributed by atoms with E-state index in [0.717, 1.165) is 12.8 Å². The quantitative estimate of drug-likeness (QED) is 0.676. The number of hydrogen-bond donors (Lipinski definition) is 0. The molecule has 0 radical (unpaired) electrons. The third-order valence-electron chi connectivity index (χ3n) is 2.55. The third kappa shape index (κ3) is 3.82. The molecule has 14 heavy (non-hydrogen) atoms. The maximum Gasteiger partial charge on any atom is 0.133 e. The summed E-state index contributed by atoms with van der Waals surface area (Å²) in [7, 11) is 0. The van der Waals surface area contributed by atoms with Crippen molar-refractivity contribution in [3.05, 3.63) is 0 Å². The van der Waals surface area contributed by atoms with Crippen LogP contribution in [0.15, 0.2) is 0 Å². The summed E-state index contributed by atoms with van der Waals surface area (Å²) < 4.78 is 0. The van der Waals surface area contributed by atoms with Gasteiger partial charge in [0, 0.05) is 10.5 Å². The maximum absolute atomic E-state index is 8.69. The van der Waals surface area contributed by atoms with Gasteiger partial charge in [0.1, 0.15) is 10.8 Å². The minimum absolute atomic E-state index is 0.366. The molecule has 0 unspecified atom stereocenters. The second kappa shape index (κ2) is 7.04. The Bertz CT molecular complexity index is 215. The highest BCUT2D eigenvalue weighted by Crippen LogP contribution is 2.33. The first-order valence-electron chi connectivity index (χ1n) is 4.98. The molecule has 0 amide bonds. The second-order valence-corrected chi connectivity index (χ2v) is 5.53. The van der Waals surface area contributed by atoms with Gasteiger partial charge in [-0.15, -0.1) is 0 Å². The zero-order valence-corrected chi connectivity index (χ0v) is 9.74. The number of nitriles is 2. The number of hydrogen-bond acceptors (Lipinski definition) is 4. The molecule has 2 nitrogen and oxygen atoms in total. The number of thioether (sulfide) groups is 2. The van der Waals surface area contributed by atoms with Crippen molar-refractivity contribution in [3.63, 3.8) is 0 Å². The lowest BCUT2D eigenvalue weighted by Crippen LogP contribution is -2.20. The molecule has 0 aliphatic heterocycles. The summed E-state index contributed by atoms with van der Waals surface area (Å²) >= 11 is 2.71. The molecule has 4 heteroatoms. The van der Waals surface area contributed by atoms with Gasteiger partial charge in [0.15, 0.2) is 0 Å². The predicted molar refractivity (Wildman–Crippen MR) is 61.7 cm³/mol. The van der Waals surface area contributed by atoms with Crippen molar-refractivity contribution in [2.75, 3.05) is 0 Å². The van der Waals surface area contributed by atoms with E-state index in [1.165, 1.54) is 49.2 Å². The number of nitrogens with zero attached hydrogens (tertiary/aromatic N) is 2. The minimum Gasteiger partial charge on any atom is -0.185 e. The van der Waals surface area contributed by atoms with E-state index in [2.05, 4.69) is 10.8 Å². The molecule has 0 saturated heterocycles. The van der Waals surface area contributed by atoms with E-state index in [0.29, 0.717) is 10.5 Å². The van der Waals surface area contributed by atoms with Crippen molar-refractivity contribution in [1.29, 1.82) is 10.5 Å². The van der Waals surface area contributed by atoms with E-state index in [1.807, 2.05) is 0 Å². The highest BCUT2D eigenvalue weighted by molar-refractivity contribution is 8.08. The lowest BCUT2D eigenvalue weighted by molar-refractivity contribution is 0.523. The van der Waals surface area contributed by atoms with E-state index in [1.54, 1.807) is 0 Å². The molecular weight excluding hydrogens is 212 g/mol. The highest BCUT2D eigenvalue weighted by atomic mass is 32.2. The van der Waals surface area contributed by atoms with Crippen LogP contribution in [0.2, 0.25) is 0 Å². The summed E-state index contributed by atoms with van der Waals surface area (Å²) in [5.41, 5.74) is 0. The molecule has 76 valence electrons. The van der Waals surface area contributed by atoms with E-state index < -0.39 is 0 Å². The molecule has 0 aromatic carbocycles. The van der Waals surface area contributed by atoms with Gasteiger partial charge < -0.3 is 0 Å². The molecule has 0 spiro atoms. The van der Waals surface area contributed by atoms with E-state index >= 15 is 0 Å². The third-order valence-corrected chi connectivity index (χ3v) is 4.67. The molecule has 1 aliphatic rings. The SMILES string of the molecule is N#CS[C@H]1CCCCCC[C@@H]1SC#N. The lowest BCUT2D eigenvalue weighted by atomic mass is 10.00. The molecule has 0 aromatic heterocycles. The van der Waals surface area contributed by atoms with Crippen LogP contribution in [0.25, 0.3) is 0 Å². The zero-order valence-electron chi connectivity index (χ0n) is 8.11. The molecule has 1 saturated carbocycles. The van der Waals surface area contributed by atoms with Gasteiger partial charge in [-0.25, -0.2) is 0 Å². The van der Waals surface area contributed by atoms with Crippen LogP contribution >= 0.6 is 23.5 Å². The normalized spacial score (nSPS) is 28.1. The van der Waals surface area contributed by atoms with Gasteiger partial charge >= 0.3 is 0 Å². The Morgan fingerprint density at radius 3 is 1.57 bits per heavy atom. The van der Waals surface area contributed by atoms with E-state index in [-0.39, 0.29) is 0 Å². The summed E-state index contributed by atoms with van der Waals surface area (Å²) in [5, 5.41) is 22.4. The molecule has 0 heterocycles. The summed E-state index contributed by atoms with van der Waals surface area (Å²) in [4.78, 5) is 0. The molecule has 1 fully saturated rings. The van der Waals surface area contributed by atoms with Crippen LogP contribution in [0.5, 0.6) is 0 Å². The van der Waals surface area contributed by atoms with E-state index in [4.69, 9.17) is 10.5 Å². The molecule has 0 N–H and O–H groups in total. The smallest absolute Gasteiger partial charge is 0.133 e. The van der Waals surface area contributed by atoms with Gasteiger partial charge in [-0.2, -0.15) is 10.5 Å². The Morgan fingerprint density at radius 2 is 1.21 bits per heavy atom. The van der Waals surface area contributed by atoms with Crippen LogP contribution < -0.4 is 0 Å². The zero-order chi connectivity index (χ0) is 10.2. The molecule has 0 aromatic rings. The lowest BCUT2D eigenvalue weighted by Gasteiger charge is -2.23. The van der Waals surface area contributed by atoms with Crippen molar-refractivity contribution in [3.8, 4) is 10.8 Å². The van der Waals surface area contributed by atoms with Gasteiger partial charge in [0.25, 0.3) is 0 Å². The molecule has 0 bridgehead atoms.